The Kier molecular flexibility index (Phi) is 4.59. The third kappa shape index (κ3) is 3.44. The predicted octanol–water partition coefficient (Wildman–Crippen LogP) is 3.55. The van der Waals surface area contributed by atoms with Crippen LogP contribution in [0.4, 0.5) is 5.13 Å². The van der Waals surface area contributed by atoms with E-state index in [0.717, 1.165) is 20.8 Å². The van der Waals surface area contributed by atoms with Gasteiger partial charge in [0.05, 0.1) is 27.0 Å². The van der Waals surface area contributed by atoms with Crippen molar-refractivity contribution in [2.24, 2.45) is 0 Å². The van der Waals surface area contributed by atoms with Crippen LogP contribution in [0.2, 0.25) is 0 Å². The van der Waals surface area contributed by atoms with E-state index < -0.39 is 18.0 Å². The smallest absolute Gasteiger partial charge is 0.338 e. The molecule has 1 unspecified atom stereocenters. The second-order valence-electron chi connectivity index (χ2n) is 5.23. The molecule has 0 spiro atoms. The Balaban J connectivity index is 1.65. The summed E-state index contributed by atoms with van der Waals surface area (Å²) < 4.78 is 6.14. The molecule has 6 nitrogen and oxygen atoms in total. The number of hydrogen-bond acceptors (Lipinski definition) is 7. The average molecular weight is 361 g/mol. The summed E-state index contributed by atoms with van der Waals surface area (Å²) in [6, 6.07) is 5.12. The van der Waals surface area contributed by atoms with Gasteiger partial charge in [0.2, 0.25) is 0 Å². The number of amides is 1. The number of thiazole rings is 2. The Morgan fingerprint density at radius 2 is 2.08 bits per heavy atom. The Hall–Kier alpha value is -2.32. The summed E-state index contributed by atoms with van der Waals surface area (Å²) >= 11 is 2.83. The first kappa shape index (κ1) is 16.5. The summed E-state index contributed by atoms with van der Waals surface area (Å²) in [7, 11) is 0. The van der Waals surface area contributed by atoms with E-state index in [0.29, 0.717) is 10.7 Å². The summed E-state index contributed by atoms with van der Waals surface area (Å²) in [5, 5.41) is 3.17. The molecule has 1 N–H and O–H groups in total. The minimum atomic E-state index is -0.917. The number of rotatable bonds is 4. The van der Waals surface area contributed by atoms with Gasteiger partial charge < -0.3 is 4.74 Å². The number of carbonyl (C=O) groups is 2. The van der Waals surface area contributed by atoms with Crippen LogP contribution in [0.25, 0.3) is 10.2 Å². The number of aryl methyl sites for hydroxylation is 2. The molecule has 124 valence electrons. The number of benzene rings is 1. The molecule has 0 radical (unpaired) electrons. The topological polar surface area (TPSA) is 81.2 Å². The maximum Gasteiger partial charge on any atom is 0.338 e. The van der Waals surface area contributed by atoms with Crippen LogP contribution in [0.15, 0.2) is 23.7 Å². The van der Waals surface area contributed by atoms with Gasteiger partial charge in [-0.1, -0.05) is 0 Å². The minimum absolute atomic E-state index is 0.396. The van der Waals surface area contributed by atoms with Crippen molar-refractivity contribution < 1.29 is 14.3 Å². The first-order chi connectivity index (χ1) is 11.4. The van der Waals surface area contributed by atoms with Gasteiger partial charge >= 0.3 is 5.97 Å². The maximum atomic E-state index is 12.2. The van der Waals surface area contributed by atoms with Crippen molar-refractivity contribution in [3.8, 4) is 0 Å². The number of nitrogens with one attached hydrogen (secondary N) is 1. The van der Waals surface area contributed by atoms with Crippen molar-refractivity contribution >= 4 is 49.9 Å². The van der Waals surface area contributed by atoms with Gasteiger partial charge in [-0.2, -0.15) is 0 Å². The monoisotopic (exact) mass is 361 g/mol. The van der Waals surface area contributed by atoms with E-state index in [9.17, 15) is 9.59 Å². The standard InChI is InChI=1S/C16H15N3O3S2/c1-8-10(3)24-16(18-8)19-14(20)9(2)22-15(21)11-4-5-12-13(6-11)23-7-17-12/h4-7,9H,1-3H3,(H,18,19,20). The molecule has 0 bridgehead atoms. The van der Waals surface area contributed by atoms with Gasteiger partial charge in [-0.15, -0.1) is 22.7 Å². The molecule has 1 atom stereocenters. The molecule has 2 heterocycles. The van der Waals surface area contributed by atoms with Crippen LogP contribution in [0.3, 0.4) is 0 Å². The molecular formula is C16H15N3O3S2. The number of hydrogen-bond donors (Lipinski definition) is 1. The van der Waals surface area contributed by atoms with Gasteiger partial charge in [0.25, 0.3) is 5.91 Å². The number of carbonyl (C=O) groups excluding carboxylic acids is 2. The highest BCUT2D eigenvalue weighted by molar-refractivity contribution is 7.16. The maximum absolute atomic E-state index is 12.2. The van der Waals surface area contributed by atoms with Crippen molar-refractivity contribution in [3.05, 3.63) is 39.8 Å². The van der Waals surface area contributed by atoms with Gasteiger partial charge in [0.15, 0.2) is 11.2 Å². The first-order valence-electron chi connectivity index (χ1n) is 7.23. The van der Waals surface area contributed by atoms with Gasteiger partial charge in [0.1, 0.15) is 0 Å². The second-order valence-corrected chi connectivity index (χ2v) is 7.32. The molecule has 1 amide bonds. The normalized spacial score (nSPS) is 12.1. The summed E-state index contributed by atoms with van der Waals surface area (Å²) in [5.74, 6) is -0.949. The van der Waals surface area contributed by atoms with E-state index in [1.807, 2.05) is 13.8 Å². The number of anilines is 1. The van der Waals surface area contributed by atoms with Crippen LogP contribution in [0.1, 0.15) is 27.9 Å². The summed E-state index contributed by atoms with van der Waals surface area (Å²) in [6.07, 6.45) is -0.917. The van der Waals surface area contributed by atoms with Crippen molar-refractivity contribution in [2.75, 3.05) is 5.32 Å². The number of nitrogens with zero attached hydrogens (tertiary/aromatic N) is 2. The fourth-order valence-electron chi connectivity index (χ4n) is 2.00. The van der Waals surface area contributed by atoms with Crippen LogP contribution >= 0.6 is 22.7 Å². The number of ether oxygens (including phenoxy) is 1. The molecule has 1 aromatic carbocycles. The van der Waals surface area contributed by atoms with Gasteiger partial charge in [-0.05, 0) is 39.0 Å². The molecule has 24 heavy (non-hydrogen) atoms. The molecular weight excluding hydrogens is 346 g/mol. The lowest BCUT2D eigenvalue weighted by Gasteiger charge is -2.12. The van der Waals surface area contributed by atoms with Crippen molar-refractivity contribution in [1.29, 1.82) is 0 Å². The quantitative estimate of drug-likeness (QED) is 0.719. The van der Waals surface area contributed by atoms with E-state index in [1.54, 1.807) is 23.7 Å². The second kappa shape index (κ2) is 6.66. The first-order valence-corrected chi connectivity index (χ1v) is 8.93. The van der Waals surface area contributed by atoms with Crippen LogP contribution in [-0.2, 0) is 9.53 Å². The highest BCUT2D eigenvalue weighted by atomic mass is 32.1. The summed E-state index contributed by atoms with van der Waals surface area (Å²) in [5.41, 5.74) is 3.82. The molecule has 0 aliphatic rings. The molecule has 0 aliphatic carbocycles. The van der Waals surface area contributed by atoms with Crippen LogP contribution in [-0.4, -0.2) is 27.9 Å². The van der Waals surface area contributed by atoms with Crippen LogP contribution in [0.5, 0.6) is 0 Å². The SMILES string of the molecule is Cc1nc(NC(=O)C(C)OC(=O)c2ccc3ncsc3c2)sc1C. The predicted molar refractivity (Wildman–Crippen MR) is 94.7 cm³/mol. The molecule has 0 saturated heterocycles. The lowest BCUT2D eigenvalue weighted by Crippen LogP contribution is -2.29. The number of esters is 1. The van der Waals surface area contributed by atoms with Gasteiger partial charge in [-0.3, -0.25) is 10.1 Å². The zero-order valence-electron chi connectivity index (χ0n) is 13.3. The van der Waals surface area contributed by atoms with E-state index >= 15 is 0 Å². The molecule has 2 aromatic heterocycles. The molecule has 0 fully saturated rings. The average Bonchev–Trinajstić information content (AvgIpc) is 3.13. The lowest BCUT2D eigenvalue weighted by molar-refractivity contribution is -0.123. The van der Waals surface area contributed by atoms with Gasteiger partial charge in [-0.25, -0.2) is 14.8 Å². The molecule has 0 aliphatic heterocycles. The number of fused-ring (bicyclic) bond motifs is 1. The number of aromatic nitrogens is 2. The van der Waals surface area contributed by atoms with Crippen molar-refractivity contribution in [2.45, 2.75) is 26.9 Å². The Morgan fingerprint density at radius 1 is 1.29 bits per heavy atom. The molecule has 0 saturated carbocycles. The van der Waals surface area contributed by atoms with E-state index in [2.05, 4.69) is 15.3 Å². The fourth-order valence-corrected chi connectivity index (χ4v) is 3.53. The fraction of sp³-hybridized carbons (Fsp3) is 0.250. The van der Waals surface area contributed by atoms with Crippen LogP contribution < -0.4 is 5.32 Å². The molecule has 3 rings (SSSR count). The van der Waals surface area contributed by atoms with E-state index in [1.165, 1.54) is 29.6 Å². The van der Waals surface area contributed by atoms with Crippen molar-refractivity contribution in [3.63, 3.8) is 0 Å². The zero-order valence-corrected chi connectivity index (χ0v) is 15.0. The highest BCUT2D eigenvalue weighted by Gasteiger charge is 2.20. The Morgan fingerprint density at radius 3 is 2.79 bits per heavy atom. The summed E-state index contributed by atoms with van der Waals surface area (Å²) in [6.45, 7) is 5.34. The largest absolute Gasteiger partial charge is 0.449 e. The molecule has 3 aromatic rings. The highest BCUT2D eigenvalue weighted by Crippen LogP contribution is 2.22. The van der Waals surface area contributed by atoms with Gasteiger partial charge in [0, 0.05) is 4.88 Å². The Labute approximate surface area is 146 Å². The van der Waals surface area contributed by atoms with Crippen molar-refractivity contribution in [1.82, 2.24) is 9.97 Å². The van der Waals surface area contributed by atoms with E-state index in [4.69, 9.17) is 4.74 Å². The molecule has 8 heteroatoms. The Bertz CT molecular complexity index is 897. The summed E-state index contributed by atoms with van der Waals surface area (Å²) in [4.78, 5) is 33.8. The zero-order chi connectivity index (χ0) is 17.3. The van der Waals surface area contributed by atoms with Crippen LogP contribution in [0, 0.1) is 13.8 Å². The lowest BCUT2D eigenvalue weighted by atomic mass is 10.2. The third-order valence-corrected chi connectivity index (χ3v) is 5.26. The van der Waals surface area contributed by atoms with E-state index in [-0.39, 0.29) is 0 Å². The third-order valence-electron chi connectivity index (χ3n) is 3.48. The minimum Gasteiger partial charge on any atom is -0.449 e.